The van der Waals surface area contributed by atoms with Crippen molar-refractivity contribution in [2.75, 3.05) is 0 Å². The van der Waals surface area contributed by atoms with Crippen LogP contribution >= 0.6 is 0 Å². The van der Waals surface area contributed by atoms with Gasteiger partial charge in [-0.3, -0.25) is 0 Å². The Hall–Kier alpha value is -2.07. The van der Waals surface area contributed by atoms with Gasteiger partial charge in [0, 0.05) is 0 Å². The summed E-state index contributed by atoms with van der Waals surface area (Å²) in [6.45, 7) is 3.82. The van der Waals surface area contributed by atoms with E-state index in [1.807, 2.05) is 13.8 Å². The van der Waals surface area contributed by atoms with E-state index in [2.05, 4.69) is 4.98 Å². The molecule has 0 aliphatic carbocycles. The summed E-state index contributed by atoms with van der Waals surface area (Å²) in [7, 11) is 0. The van der Waals surface area contributed by atoms with Gasteiger partial charge in [-0.2, -0.15) is 0 Å². The topological polar surface area (TPSA) is 96.7 Å². The molecule has 0 spiro atoms. The summed E-state index contributed by atoms with van der Waals surface area (Å²) in [5, 5.41) is 19.0. The number of hydrogen-bond donors (Lipinski definition) is 2. The number of ether oxygens (including phenoxy) is 1. The van der Waals surface area contributed by atoms with Gasteiger partial charge in [0.2, 0.25) is 0 Å². The monoisotopic (exact) mass is 364 g/mol. The molecule has 0 fully saturated rings. The molecule has 2 rings (SSSR count). The molecule has 2 aromatic rings. The molecule has 0 atom stereocenters. The van der Waals surface area contributed by atoms with E-state index < -0.39 is 26.3 Å². The second-order valence-electron chi connectivity index (χ2n) is 4.89. The van der Waals surface area contributed by atoms with Crippen LogP contribution in [0.4, 0.5) is 0 Å². The maximum absolute atomic E-state index is 12.0. The van der Waals surface area contributed by atoms with E-state index in [-0.39, 0.29) is 22.8 Å². The average Bonchev–Trinajstić information content (AvgIpc) is 2.43. The van der Waals surface area contributed by atoms with Crippen LogP contribution in [0.15, 0.2) is 24.3 Å². The average molecular weight is 364 g/mol. The molecule has 1 aromatic heterocycles. The molecule has 0 aliphatic heterocycles. The third-order valence-electron chi connectivity index (χ3n) is 2.70. The normalized spacial score (nSPS) is 11.4. The summed E-state index contributed by atoms with van der Waals surface area (Å²) in [6, 6.07) is 6.63. The number of carboxylic acids is 1. The van der Waals surface area contributed by atoms with E-state index in [0.717, 1.165) is 0 Å². The predicted octanol–water partition coefficient (Wildman–Crippen LogP) is 2.07. The first kappa shape index (κ1) is 16.3. The number of hydrogen-bond acceptors (Lipinski definition) is 5. The standard InChI is InChI=1S/C15H15AsNO5/c1-8(2)22-10-3-4-11-9(5-10)6-12(18)14(17-11)15(21)16-7-13(19)20/h3-6,8,18H,7H2,1-2H3,(H,19,20). The number of fused-ring (bicyclic) bond motifs is 1. The summed E-state index contributed by atoms with van der Waals surface area (Å²) in [4.78, 5) is 26.6. The van der Waals surface area contributed by atoms with Gasteiger partial charge in [-0.1, -0.05) is 0 Å². The number of rotatable bonds is 6. The fraction of sp³-hybridized carbons (Fsp3) is 0.267. The summed E-state index contributed by atoms with van der Waals surface area (Å²) in [6.07, 6.45) is 0.0277. The van der Waals surface area contributed by atoms with Crippen LogP contribution in [0.1, 0.15) is 24.3 Å². The fourth-order valence-corrected chi connectivity index (χ4v) is 3.11. The summed E-state index contributed by atoms with van der Waals surface area (Å²) in [5.74, 6) is -0.607. The van der Waals surface area contributed by atoms with Gasteiger partial charge in [0.15, 0.2) is 0 Å². The third-order valence-corrected chi connectivity index (χ3v) is 4.64. The van der Waals surface area contributed by atoms with Gasteiger partial charge in [-0.15, -0.1) is 0 Å². The molecule has 0 saturated heterocycles. The first-order valence-electron chi connectivity index (χ1n) is 6.61. The molecule has 0 amide bonds. The van der Waals surface area contributed by atoms with Crippen LogP contribution in [0.2, 0.25) is 5.21 Å². The molecule has 1 heterocycles. The minimum absolute atomic E-state index is 0.0277. The molecule has 115 valence electrons. The summed E-state index contributed by atoms with van der Waals surface area (Å²) >= 11 is -1.08. The SMILES string of the molecule is CC(C)Oc1ccc2nc(C(=O)[As]CC(=O)O)c(O)cc2c1. The number of carbonyl (C=O) groups excluding carboxylic acids is 1. The molecule has 7 heteroatoms. The van der Waals surface area contributed by atoms with Gasteiger partial charge in [-0.05, 0) is 0 Å². The van der Waals surface area contributed by atoms with E-state index in [9.17, 15) is 14.7 Å². The zero-order valence-electron chi connectivity index (χ0n) is 12.1. The number of aromatic hydroxyl groups is 1. The Morgan fingerprint density at radius 2 is 2.05 bits per heavy atom. The van der Waals surface area contributed by atoms with Crippen LogP contribution in [-0.2, 0) is 4.79 Å². The van der Waals surface area contributed by atoms with E-state index in [0.29, 0.717) is 16.7 Å². The Bertz CT molecular complexity index is 729. The third kappa shape index (κ3) is 3.98. The Kier molecular flexibility index (Phi) is 5.03. The number of carbonyl (C=O) groups is 2. The van der Waals surface area contributed by atoms with E-state index in [1.165, 1.54) is 6.07 Å². The van der Waals surface area contributed by atoms with Crippen molar-refractivity contribution < 1.29 is 24.5 Å². The van der Waals surface area contributed by atoms with Gasteiger partial charge in [0.05, 0.1) is 0 Å². The van der Waals surface area contributed by atoms with Gasteiger partial charge in [0.25, 0.3) is 0 Å². The van der Waals surface area contributed by atoms with Crippen molar-refractivity contribution in [3.05, 3.63) is 30.0 Å². The molecule has 22 heavy (non-hydrogen) atoms. The number of carboxylic acid groups (broad SMARTS) is 1. The zero-order valence-corrected chi connectivity index (χ0v) is 14.0. The van der Waals surface area contributed by atoms with Crippen molar-refractivity contribution in [3.8, 4) is 11.5 Å². The van der Waals surface area contributed by atoms with Crippen LogP contribution in [0.25, 0.3) is 10.9 Å². The van der Waals surface area contributed by atoms with Gasteiger partial charge < -0.3 is 0 Å². The molecular weight excluding hydrogens is 349 g/mol. The maximum atomic E-state index is 12.0. The van der Waals surface area contributed by atoms with Crippen molar-refractivity contribution in [3.63, 3.8) is 0 Å². The number of aliphatic carboxylic acids is 1. The molecule has 0 bridgehead atoms. The second kappa shape index (κ2) is 6.79. The van der Waals surface area contributed by atoms with Crippen LogP contribution < -0.4 is 4.74 Å². The first-order valence-corrected chi connectivity index (χ1v) is 8.87. The van der Waals surface area contributed by atoms with Crippen LogP contribution in [0.5, 0.6) is 11.5 Å². The molecule has 2 N–H and O–H groups in total. The van der Waals surface area contributed by atoms with Gasteiger partial charge in [0.1, 0.15) is 0 Å². The number of pyridine rings is 1. The van der Waals surface area contributed by atoms with Crippen LogP contribution in [-0.4, -0.2) is 47.6 Å². The van der Waals surface area contributed by atoms with Crippen molar-refractivity contribution in [1.29, 1.82) is 0 Å². The van der Waals surface area contributed by atoms with E-state index in [4.69, 9.17) is 9.84 Å². The number of aromatic nitrogens is 1. The molecule has 0 aliphatic rings. The number of nitrogens with zero attached hydrogens (tertiary/aromatic N) is 1. The first-order chi connectivity index (χ1) is 10.4. The Morgan fingerprint density at radius 1 is 1.32 bits per heavy atom. The van der Waals surface area contributed by atoms with Crippen molar-refractivity contribution in [2.24, 2.45) is 0 Å². The van der Waals surface area contributed by atoms with E-state index in [1.54, 1.807) is 18.2 Å². The molecule has 0 unspecified atom stereocenters. The molecule has 1 aromatic carbocycles. The zero-order chi connectivity index (χ0) is 16.3. The second-order valence-corrected chi connectivity index (χ2v) is 7.07. The Labute approximate surface area is 133 Å². The van der Waals surface area contributed by atoms with Crippen LogP contribution in [0.3, 0.4) is 0 Å². The van der Waals surface area contributed by atoms with Crippen molar-refractivity contribution in [2.45, 2.75) is 25.2 Å². The molecule has 0 saturated carbocycles. The van der Waals surface area contributed by atoms with E-state index >= 15 is 0 Å². The molecule has 6 nitrogen and oxygen atoms in total. The van der Waals surface area contributed by atoms with Gasteiger partial charge in [-0.25, -0.2) is 0 Å². The Morgan fingerprint density at radius 3 is 2.68 bits per heavy atom. The number of benzene rings is 1. The predicted molar refractivity (Wildman–Crippen MR) is 81.7 cm³/mol. The minimum atomic E-state index is -1.08. The van der Waals surface area contributed by atoms with Crippen molar-refractivity contribution >= 4 is 37.2 Å². The van der Waals surface area contributed by atoms with Gasteiger partial charge >= 0.3 is 133 Å². The molecular formula is C15H15AsNO5. The van der Waals surface area contributed by atoms with Crippen LogP contribution in [0, 0.1) is 0 Å². The summed E-state index contributed by atoms with van der Waals surface area (Å²) in [5.41, 5.74) is 0.486. The quantitative estimate of drug-likeness (QED) is 0.762. The molecule has 1 radical (unpaired) electrons. The summed E-state index contributed by atoms with van der Waals surface area (Å²) < 4.78 is 5.17. The van der Waals surface area contributed by atoms with Crippen molar-refractivity contribution in [1.82, 2.24) is 4.98 Å². The Balaban J connectivity index is 2.33. The fourth-order valence-electron chi connectivity index (χ4n) is 1.86.